The van der Waals surface area contributed by atoms with Crippen LogP contribution in [0.1, 0.15) is 56.6 Å². The second-order valence-electron chi connectivity index (χ2n) is 6.33. The minimum absolute atomic E-state index is 0.148. The summed E-state index contributed by atoms with van der Waals surface area (Å²) in [6.07, 6.45) is 8.44. The van der Waals surface area contributed by atoms with Gasteiger partial charge in [-0.3, -0.25) is 0 Å². The Bertz CT molecular complexity index is 360. The van der Waals surface area contributed by atoms with Gasteiger partial charge in [0.2, 0.25) is 0 Å². The average molecular weight is 260 g/mol. The van der Waals surface area contributed by atoms with Crippen molar-refractivity contribution in [2.75, 3.05) is 0 Å². The molecule has 0 aliphatic heterocycles. The van der Waals surface area contributed by atoms with E-state index in [1.165, 1.54) is 49.7 Å². The first-order chi connectivity index (χ1) is 9.19. The van der Waals surface area contributed by atoms with Crippen molar-refractivity contribution in [3.8, 4) is 0 Å². The second-order valence-corrected chi connectivity index (χ2v) is 6.33. The maximum absolute atomic E-state index is 10.4. The summed E-state index contributed by atoms with van der Waals surface area (Å²) < 4.78 is 0. The monoisotopic (exact) mass is 260 g/mol. The summed E-state index contributed by atoms with van der Waals surface area (Å²) in [6.45, 7) is 4.38. The van der Waals surface area contributed by atoms with Gasteiger partial charge in [-0.1, -0.05) is 62.4 Å². The molecular weight excluding hydrogens is 232 g/mol. The quantitative estimate of drug-likeness (QED) is 0.826. The SMILES string of the molecule is CCCC1CCC(C(O)Cc2ccc(C)cc2)CC1. The summed E-state index contributed by atoms with van der Waals surface area (Å²) in [5.41, 5.74) is 2.56. The van der Waals surface area contributed by atoms with E-state index in [1.54, 1.807) is 0 Å². The van der Waals surface area contributed by atoms with Gasteiger partial charge in [-0.15, -0.1) is 0 Å². The number of rotatable bonds is 5. The Morgan fingerprint density at radius 3 is 2.32 bits per heavy atom. The molecule has 1 saturated carbocycles. The van der Waals surface area contributed by atoms with Crippen molar-refractivity contribution >= 4 is 0 Å². The van der Waals surface area contributed by atoms with Crippen molar-refractivity contribution in [1.29, 1.82) is 0 Å². The number of aliphatic hydroxyl groups excluding tert-OH is 1. The van der Waals surface area contributed by atoms with E-state index in [-0.39, 0.29) is 6.10 Å². The van der Waals surface area contributed by atoms with Crippen molar-refractivity contribution < 1.29 is 5.11 Å². The Morgan fingerprint density at radius 2 is 1.74 bits per heavy atom. The smallest absolute Gasteiger partial charge is 0.0608 e. The van der Waals surface area contributed by atoms with E-state index < -0.39 is 0 Å². The summed E-state index contributed by atoms with van der Waals surface area (Å²) in [5.74, 6) is 1.45. The van der Waals surface area contributed by atoms with E-state index in [0.717, 1.165) is 12.3 Å². The van der Waals surface area contributed by atoms with E-state index in [4.69, 9.17) is 0 Å². The lowest BCUT2D eigenvalue weighted by molar-refractivity contribution is 0.0728. The number of aliphatic hydroxyl groups is 1. The molecule has 0 saturated heterocycles. The van der Waals surface area contributed by atoms with Crippen LogP contribution < -0.4 is 0 Å². The Balaban J connectivity index is 1.81. The fraction of sp³-hybridized carbons (Fsp3) is 0.667. The van der Waals surface area contributed by atoms with Gasteiger partial charge in [-0.05, 0) is 43.6 Å². The minimum Gasteiger partial charge on any atom is -0.392 e. The maximum atomic E-state index is 10.4. The molecule has 0 amide bonds. The molecule has 1 fully saturated rings. The Kier molecular flexibility index (Phi) is 5.45. The summed E-state index contributed by atoms with van der Waals surface area (Å²) in [5, 5.41) is 10.4. The van der Waals surface area contributed by atoms with E-state index in [1.807, 2.05) is 0 Å². The third-order valence-electron chi connectivity index (χ3n) is 4.70. The average Bonchev–Trinajstić information content (AvgIpc) is 2.42. The lowest BCUT2D eigenvalue weighted by Gasteiger charge is -2.31. The standard InChI is InChI=1S/C18H28O/c1-3-4-15-9-11-17(12-10-15)18(19)13-16-7-5-14(2)6-8-16/h5-8,15,17-19H,3-4,9-13H2,1-2H3. The minimum atomic E-state index is -0.148. The molecule has 106 valence electrons. The molecule has 1 unspecified atom stereocenters. The molecule has 1 aliphatic carbocycles. The van der Waals surface area contributed by atoms with Gasteiger partial charge in [0.05, 0.1) is 6.10 Å². The Morgan fingerprint density at radius 1 is 1.11 bits per heavy atom. The molecule has 0 spiro atoms. The van der Waals surface area contributed by atoms with Crippen molar-refractivity contribution in [3.63, 3.8) is 0 Å². The van der Waals surface area contributed by atoms with Gasteiger partial charge in [0, 0.05) is 0 Å². The molecule has 2 rings (SSSR count). The van der Waals surface area contributed by atoms with Gasteiger partial charge in [-0.25, -0.2) is 0 Å². The molecule has 1 heteroatoms. The van der Waals surface area contributed by atoms with Crippen LogP contribution >= 0.6 is 0 Å². The highest BCUT2D eigenvalue weighted by Gasteiger charge is 2.25. The second kappa shape index (κ2) is 7.09. The van der Waals surface area contributed by atoms with Crippen molar-refractivity contribution in [2.24, 2.45) is 11.8 Å². The summed E-state index contributed by atoms with van der Waals surface area (Å²) in [4.78, 5) is 0. The molecule has 1 nitrogen and oxygen atoms in total. The van der Waals surface area contributed by atoms with Crippen LogP contribution in [0.25, 0.3) is 0 Å². The molecule has 19 heavy (non-hydrogen) atoms. The zero-order valence-electron chi connectivity index (χ0n) is 12.4. The largest absolute Gasteiger partial charge is 0.392 e. The Hall–Kier alpha value is -0.820. The molecule has 0 aromatic heterocycles. The van der Waals surface area contributed by atoms with Gasteiger partial charge in [0.1, 0.15) is 0 Å². The highest BCUT2D eigenvalue weighted by molar-refractivity contribution is 5.21. The van der Waals surface area contributed by atoms with E-state index in [0.29, 0.717) is 5.92 Å². The first kappa shape index (κ1) is 14.6. The van der Waals surface area contributed by atoms with Crippen LogP contribution in [-0.4, -0.2) is 11.2 Å². The fourth-order valence-electron chi connectivity index (χ4n) is 3.40. The van der Waals surface area contributed by atoms with E-state index in [9.17, 15) is 5.11 Å². The first-order valence-corrected chi connectivity index (χ1v) is 7.92. The van der Waals surface area contributed by atoms with Gasteiger partial charge in [0.15, 0.2) is 0 Å². The summed E-state index contributed by atoms with van der Waals surface area (Å²) in [7, 11) is 0. The van der Waals surface area contributed by atoms with Gasteiger partial charge in [0.25, 0.3) is 0 Å². The topological polar surface area (TPSA) is 20.2 Å². The van der Waals surface area contributed by atoms with Crippen LogP contribution in [0.4, 0.5) is 0 Å². The number of aryl methyl sites for hydroxylation is 1. The Labute approximate surface area is 118 Å². The van der Waals surface area contributed by atoms with Crippen LogP contribution in [0.3, 0.4) is 0 Å². The highest BCUT2D eigenvalue weighted by atomic mass is 16.3. The number of hydrogen-bond donors (Lipinski definition) is 1. The molecular formula is C18H28O. The third kappa shape index (κ3) is 4.35. The summed E-state index contributed by atoms with van der Waals surface area (Å²) in [6, 6.07) is 8.59. The van der Waals surface area contributed by atoms with Crippen molar-refractivity contribution in [1.82, 2.24) is 0 Å². The molecule has 1 atom stereocenters. The molecule has 1 aromatic carbocycles. The van der Waals surface area contributed by atoms with Crippen LogP contribution in [-0.2, 0) is 6.42 Å². The van der Waals surface area contributed by atoms with Crippen molar-refractivity contribution in [3.05, 3.63) is 35.4 Å². The van der Waals surface area contributed by atoms with Crippen LogP contribution in [0.2, 0.25) is 0 Å². The molecule has 1 aliphatic rings. The lowest BCUT2D eigenvalue weighted by atomic mass is 9.77. The lowest BCUT2D eigenvalue weighted by Crippen LogP contribution is -2.27. The zero-order chi connectivity index (χ0) is 13.7. The van der Waals surface area contributed by atoms with Gasteiger partial charge in [-0.2, -0.15) is 0 Å². The van der Waals surface area contributed by atoms with E-state index in [2.05, 4.69) is 38.1 Å². The normalized spacial score (nSPS) is 25.2. The van der Waals surface area contributed by atoms with Crippen molar-refractivity contribution in [2.45, 2.75) is 64.9 Å². The maximum Gasteiger partial charge on any atom is 0.0608 e. The molecule has 0 bridgehead atoms. The fourth-order valence-corrected chi connectivity index (χ4v) is 3.40. The molecule has 1 N–H and O–H groups in total. The van der Waals surface area contributed by atoms with Gasteiger partial charge >= 0.3 is 0 Å². The highest BCUT2D eigenvalue weighted by Crippen LogP contribution is 2.34. The van der Waals surface area contributed by atoms with Crippen LogP contribution in [0, 0.1) is 18.8 Å². The van der Waals surface area contributed by atoms with E-state index >= 15 is 0 Å². The molecule has 0 radical (unpaired) electrons. The summed E-state index contributed by atoms with van der Waals surface area (Å²) >= 11 is 0. The third-order valence-corrected chi connectivity index (χ3v) is 4.70. The number of hydrogen-bond acceptors (Lipinski definition) is 1. The van der Waals surface area contributed by atoms with Crippen LogP contribution in [0.15, 0.2) is 24.3 Å². The molecule has 0 heterocycles. The van der Waals surface area contributed by atoms with Gasteiger partial charge < -0.3 is 5.11 Å². The first-order valence-electron chi connectivity index (χ1n) is 7.92. The predicted octanol–water partition coefficient (Wildman–Crippen LogP) is 4.50. The van der Waals surface area contributed by atoms with Crippen LogP contribution in [0.5, 0.6) is 0 Å². The predicted molar refractivity (Wildman–Crippen MR) is 81.2 cm³/mol. The zero-order valence-corrected chi connectivity index (χ0v) is 12.4. The number of benzene rings is 1. The molecule has 1 aromatic rings.